The molecule has 1 aliphatic rings. The Morgan fingerprint density at radius 1 is 1.11 bits per heavy atom. The second-order valence-corrected chi connectivity index (χ2v) is 6.38. The van der Waals surface area contributed by atoms with Crippen molar-refractivity contribution in [2.75, 3.05) is 13.1 Å². The molecule has 0 radical (unpaired) electrons. The molecule has 0 saturated heterocycles. The monoisotopic (exact) mass is 268 g/mol. The molecular formula is C17H36N2. The third kappa shape index (κ3) is 5.43. The topological polar surface area (TPSA) is 29.3 Å². The van der Waals surface area contributed by atoms with Gasteiger partial charge >= 0.3 is 0 Å². The Bertz CT molecular complexity index is 217. The number of hydrogen-bond donors (Lipinski definition) is 1. The average molecular weight is 268 g/mol. The Labute approximate surface area is 121 Å². The molecule has 0 aromatic heterocycles. The van der Waals surface area contributed by atoms with Crippen molar-refractivity contribution in [3.63, 3.8) is 0 Å². The van der Waals surface area contributed by atoms with Crippen molar-refractivity contribution in [3.8, 4) is 0 Å². The maximum absolute atomic E-state index is 6.00. The van der Waals surface area contributed by atoms with Crippen molar-refractivity contribution >= 4 is 0 Å². The Kier molecular flexibility index (Phi) is 8.72. The van der Waals surface area contributed by atoms with Crippen molar-refractivity contribution in [3.05, 3.63) is 0 Å². The smallest absolute Gasteiger partial charge is 0.0138 e. The molecule has 0 aliphatic heterocycles. The zero-order valence-electron chi connectivity index (χ0n) is 13.5. The predicted molar refractivity (Wildman–Crippen MR) is 85.4 cm³/mol. The fourth-order valence-electron chi connectivity index (χ4n) is 3.81. The first-order valence-electron chi connectivity index (χ1n) is 8.70. The van der Waals surface area contributed by atoms with Gasteiger partial charge in [-0.3, -0.25) is 4.90 Å². The van der Waals surface area contributed by atoms with Crippen molar-refractivity contribution in [1.29, 1.82) is 0 Å². The minimum Gasteiger partial charge on any atom is -0.330 e. The molecule has 0 amide bonds. The molecule has 0 aromatic rings. The van der Waals surface area contributed by atoms with E-state index in [-0.39, 0.29) is 0 Å². The second kappa shape index (κ2) is 9.77. The summed E-state index contributed by atoms with van der Waals surface area (Å²) in [6, 6.07) is 1.49. The van der Waals surface area contributed by atoms with E-state index in [1.165, 1.54) is 64.3 Å². The molecule has 1 fully saturated rings. The summed E-state index contributed by atoms with van der Waals surface area (Å²) in [4.78, 5) is 2.75. The van der Waals surface area contributed by atoms with Crippen LogP contribution in [0.15, 0.2) is 0 Å². The van der Waals surface area contributed by atoms with Crippen LogP contribution in [0.25, 0.3) is 0 Å². The summed E-state index contributed by atoms with van der Waals surface area (Å²) < 4.78 is 0. The van der Waals surface area contributed by atoms with Crippen LogP contribution in [0, 0.1) is 5.92 Å². The number of rotatable bonds is 9. The van der Waals surface area contributed by atoms with Gasteiger partial charge in [-0.25, -0.2) is 0 Å². The van der Waals surface area contributed by atoms with E-state index in [1.807, 2.05) is 0 Å². The molecule has 3 unspecified atom stereocenters. The maximum Gasteiger partial charge on any atom is 0.0138 e. The van der Waals surface area contributed by atoms with Crippen molar-refractivity contribution in [2.24, 2.45) is 11.7 Å². The number of nitrogens with zero attached hydrogens (tertiary/aromatic N) is 1. The van der Waals surface area contributed by atoms with Crippen molar-refractivity contribution in [1.82, 2.24) is 4.90 Å². The highest BCUT2D eigenvalue weighted by atomic mass is 15.2. The van der Waals surface area contributed by atoms with Crippen molar-refractivity contribution in [2.45, 2.75) is 90.6 Å². The maximum atomic E-state index is 6.00. The largest absolute Gasteiger partial charge is 0.330 e. The van der Waals surface area contributed by atoms with Gasteiger partial charge in [-0.15, -0.1) is 0 Å². The standard InChI is InChI=1S/C17H36N2/c1-4-6-7-8-11-15(3)19(5-2)17-13-10-9-12-16(17)14-18/h15-17H,4-14,18H2,1-3H3. The van der Waals surface area contributed by atoms with E-state index >= 15 is 0 Å². The van der Waals surface area contributed by atoms with Gasteiger partial charge in [0.1, 0.15) is 0 Å². The van der Waals surface area contributed by atoms with Crippen LogP contribution in [0.3, 0.4) is 0 Å². The van der Waals surface area contributed by atoms with E-state index in [9.17, 15) is 0 Å². The van der Waals surface area contributed by atoms with Crippen LogP contribution in [-0.2, 0) is 0 Å². The van der Waals surface area contributed by atoms with Gasteiger partial charge in [0.05, 0.1) is 0 Å². The highest BCUT2D eigenvalue weighted by Gasteiger charge is 2.30. The van der Waals surface area contributed by atoms with Gasteiger partial charge in [-0.2, -0.15) is 0 Å². The summed E-state index contributed by atoms with van der Waals surface area (Å²) in [5, 5.41) is 0. The van der Waals surface area contributed by atoms with E-state index in [2.05, 4.69) is 25.7 Å². The molecule has 1 aliphatic carbocycles. The Morgan fingerprint density at radius 3 is 2.47 bits per heavy atom. The Morgan fingerprint density at radius 2 is 1.84 bits per heavy atom. The first-order valence-corrected chi connectivity index (χ1v) is 8.70. The van der Waals surface area contributed by atoms with Gasteiger partial charge in [-0.05, 0) is 45.2 Å². The van der Waals surface area contributed by atoms with Crippen molar-refractivity contribution < 1.29 is 0 Å². The van der Waals surface area contributed by atoms with E-state index in [0.717, 1.165) is 24.5 Å². The van der Waals surface area contributed by atoms with Crippen LogP contribution in [0.4, 0.5) is 0 Å². The van der Waals surface area contributed by atoms with Crippen LogP contribution < -0.4 is 5.73 Å². The van der Waals surface area contributed by atoms with Gasteiger partial charge in [0.15, 0.2) is 0 Å². The molecule has 1 rings (SSSR count). The quantitative estimate of drug-likeness (QED) is 0.635. The molecule has 0 aromatic carbocycles. The first kappa shape index (κ1) is 17.0. The van der Waals surface area contributed by atoms with E-state index in [1.54, 1.807) is 0 Å². The molecule has 3 atom stereocenters. The van der Waals surface area contributed by atoms with Gasteiger partial charge in [0.25, 0.3) is 0 Å². The summed E-state index contributed by atoms with van der Waals surface area (Å²) in [5.74, 6) is 0.742. The van der Waals surface area contributed by atoms with Crippen LogP contribution in [0.1, 0.15) is 78.6 Å². The first-order chi connectivity index (χ1) is 9.24. The summed E-state index contributed by atoms with van der Waals surface area (Å²) in [7, 11) is 0. The summed E-state index contributed by atoms with van der Waals surface area (Å²) in [6.45, 7) is 9.11. The second-order valence-electron chi connectivity index (χ2n) is 6.38. The molecule has 0 spiro atoms. The summed E-state index contributed by atoms with van der Waals surface area (Å²) in [6.07, 6.45) is 12.4. The van der Waals surface area contributed by atoms with Gasteiger partial charge in [-0.1, -0.05) is 52.4 Å². The molecule has 19 heavy (non-hydrogen) atoms. The lowest BCUT2D eigenvalue weighted by molar-refractivity contribution is 0.0725. The fraction of sp³-hybridized carbons (Fsp3) is 1.00. The predicted octanol–water partition coefficient (Wildman–Crippen LogP) is 4.18. The average Bonchev–Trinajstić information content (AvgIpc) is 2.45. The van der Waals surface area contributed by atoms with Gasteiger partial charge < -0.3 is 5.73 Å². The zero-order valence-corrected chi connectivity index (χ0v) is 13.5. The molecule has 2 N–H and O–H groups in total. The van der Waals surface area contributed by atoms with Crippen LogP contribution in [-0.4, -0.2) is 30.1 Å². The number of hydrogen-bond acceptors (Lipinski definition) is 2. The Hall–Kier alpha value is -0.0800. The molecular weight excluding hydrogens is 232 g/mol. The third-order valence-corrected chi connectivity index (χ3v) is 5.00. The molecule has 114 valence electrons. The van der Waals surface area contributed by atoms with Crippen LogP contribution in [0.2, 0.25) is 0 Å². The lowest BCUT2D eigenvalue weighted by Crippen LogP contribution is -2.48. The fourth-order valence-corrected chi connectivity index (χ4v) is 3.81. The van der Waals surface area contributed by atoms with Gasteiger partial charge in [0.2, 0.25) is 0 Å². The lowest BCUT2D eigenvalue weighted by atomic mass is 9.82. The molecule has 2 nitrogen and oxygen atoms in total. The minimum absolute atomic E-state index is 0.735. The number of nitrogens with two attached hydrogens (primary N) is 1. The SMILES string of the molecule is CCCCCCC(C)N(CC)C1CCCCC1CN. The minimum atomic E-state index is 0.735. The highest BCUT2D eigenvalue weighted by molar-refractivity contribution is 4.86. The third-order valence-electron chi connectivity index (χ3n) is 5.00. The van der Waals surface area contributed by atoms with E-state index in [4.69, 9.17) is 5.73 Å². The Balaban J connectivity index is 2.44. The zero-order chi connectivity index (χ0) is 14.1. The molecule has 1 saturated carbocycles. The van der Waals surface area contributed by atoms with E-state index in [0.29, 0.717) is 0 Å². The normalized spacial score (nSPS) is 25.7. The summed E-state index contributed by atoms with van der Waals surface area (Å²) in [5.41, 5.74) is 6.00. The van der Waals surface area contributed by atoms with Crippen LogP contribution >= 0.6 is 0 Å². The lowest BCUT2D eigenvalue weighted by Gasteiger charge is -2.42. The van der Waals surface area contributed by atoms with E-state index < -0.39 is 0 Å². The molecule has 0 heterocycles. The molecule has 0 bridgehead atoms. The molecule has 2 heteroatoms. The van der Waals surface area contributed by atoms with Gasteiger partial charge in [0, 0.05) is 12.1 Å². The highest BCUT2D eigenvalue weighted by Crippen LogP contribution is 2.29. The summed E-state index contributed by atoms with van der Waals surface area (Å²) >= 11 is 0. The number of unbranched alkanes of at least 4 members (excludes halogenated alkanes) is 3. The van der Waals surface area contributed by atoms with Crippen LogP contribution in [0.5, 0.6) is 0 Å².